The van der Waals surface area contributed by atoms with Crippen LogP contribution in [0.4, 0.5) is 0 Å². The first-order chi connectivity index (χ1) is 16.2. The Morgan fingerprint density at radius 3 is 1.58 bits per heavy atom. The van der Waals surface area contributed by atoms with Gasteiger partial charge in [-0.15, -0.1) is 0 Å². The molecule has 4 rings (SSSR count). The van der Waals surface area contributed by atoms with Gasteiger partial charge in [-0.2, -0.15) is 10.2 Å². The molecule has 2 aliphatic rings. The van der Waals surface area contributed by atoms with Crippen molar-refractivity contribution in [3.8, 4) is 0 Å². The highest BCUT2D eigenvalue weighted by Crippen LogP contribution is 2.22. The molecule has 2 aromatic rings. The smallest absolute Gasteiger partial charge is 0.240 e. The first-order valence-corrected chi connectivity index (χ1v) is 12.1. The van der Waals surface area contributed by atoms with Crippen molar-refractivity contribution in [1.82, 2.24) is 10.9 Å². The molecule has 0 atom stereocenters. The second-order valence-corrected chi connectivity index (χ2v) is 8.77. The van der Waals surface area contributed by atoms with Crippen LogP contribution < -0.4 is 10.9 Å². The quantitative estimate of drug-likeness (QED) is 0.459. The minimum Gasteiger partial charge on any atom is -0.273 e. The Kier molecular flexibility index (Phi) is 8.01. The second-order valence-electron chi connectivity index (χ2n) is 8.77. The zero-order chi connectivity index (χ0) is 22.9. The Balaban J connectivity index is 1.14. The van der Waals surface area contributed by atoms with E-state index < -0.39 is 0 Å². The number of nitrogens with zero attached hydrogens (tertiary/aromatic N) is 2. The molecule has 0 aliphatic heterocycles. The molecule has 2 N–H and O–H groups in total. The molecule has 0 saturated carbocycles. The maximum atomic E-state index is 12.2. The molecule has 33 heavy (non-hydrogen) atoms. The Morgan fingerprint density at radius 2 is 1.09 bits per heavy atom. The molecule has 0 unspecified atom stereocenters. The molecule has 0 bridgehead atoms. The summed E-state index contributed by atoms with van der Waals surface area (Å²) in [6.07, 6.45) is 9.16. The number of amides is 2. The molecule has 0 spiro atoms. The number of carbonyl (C=O) groups excluding carboxylic acids is 2. The molecule has 2 aliphatic carbocycles. The van der Waals surface area contributed by atoms with Crippen LogP contribution in [-0.2, 0) is 22.4 Å². The third-order valence-electron chi connectivity index (χ3n) is 6.31. The van der Waals surface area contributed by atoms with E-state index in [9.17, 15) is 9.59 Å². The summed E-state index contributed by atoms with van der Waals surface area (Å²) in [5.41, 5.74) is 12.2. The summed E-state index contributed by atoms with van der Waals surface area (Å²) in [4.78, 5) is 24.3. The van der Waals surface area contributed by atoms with Crippen LogP contribution in [0.15, 0.2) is 58.7 Å². The number of benzene rings is 2. The molecule has 2 amide bonds. The van der Waals surface area contributed by atoms with E-state index in [-0.39, 0.29) is 11.8 Å². The zero-order valence-corrected chi connectivity index (χ0v) is 19.1. The fraction of sp³-hybridized carbons (Fsp3) is 0.407. The Hall–Kier alpha value is -3.28. The Bertz CT molecular complexity index is 974. The van der Waals surface area contributed by atoms with Crippen molar-refractivity contribution >= 4 is 23.2 Å². The predicted molar refractivity (Wildman–Crippen MR) is 131 cm³/mol. The average molecular weight is 445 g/mol. The number of hydrogen-bond acceptors (Lipinski definition) is 4. The summed E-state index contributed by atoms with van der Waals surface area (Å²) in [6.45, 7) is 0. The van der Waals surface area contributed by atoms with E-state index in [0.29, 0.717) is 12.8 Å². The van der Waals surface area contributed by atoms with Crippen LogP contribution >= 0.6 is 0 Å². The standard InChI is InChI=1S/C27H32N4O2/c32-26(30-28-24-16-8-12-20-10-4-6-14-22(20)24)18-2-1-3-19-27(33)31-29-25-17-9-13-21-11-5-7-15-23(21)25/h4-7,10-11,14-15H,1-3,8-9,12-13,16-19H2,(H,30,32)(H,31,33)/b28-24-,29-25-. The van der Waals surface area contributed by atoms with Gasteiger partial charge >= 0.3 is 0 Å². The molecule has 0 saturated heterocycles. The van der Waals surface area contributed by atoms with Crippen molar-refractivity contribution in [2.45, 2.75) is 70.6 Å². The lowest BCUT2D eigenvalue weighted by atomic mass is 9.90. The van der Waals surface area contributed by atoms with Gasteiger partial charge in [0.05, 0.1) is 11.4 Å². The Morgan fingerprint density at radius 1 is 0.636 bits per heavy atom. The van der Waals surface area contributed by atoms with Gasteiger partial charge in [0.2, 0.25) is 11.8 Å². The average Bonchev–Trinajstić information content (AvgIpc) is 2.86. The highest BCUT2D eigenvalue weighted by Gasteiger charge is 2.16. The third kappa shape index (κ3) is 6.37. The summed E-state index contributed by atoms with van der Waals surface area (Å²) >= 11 is 0. The van der Waals surface area contributed by atoms with Crippen molar-refractivity contribution in [3.05, 3.63) is 70.8 Å². The van der Waals surface area contributed by atoms with E-state index in [0.717, 1.165) is 80.3 Å². The van der Waals surface area contributed by atoms with E-state index in [1.165, 1.54) is 11.1 Å². The van der Waals surface area contributed by atoms with Gasteiger partial charge in [-0.25, -0.2) is 10.9 Å². The first-order valence-electron chi connectivity index (χ1n) is 12.1. The van der Waals surface area contributed by atoms with Gasteiger partial charge in [-0.05, 0) is 62.5 Å². The van der Waals surface area contributed by atoms with Crippen LogP contribution in [0.1, 0.15) is 80.0 Å². The molecular formula is C27H32N4O2. The third-order valence-corrected chi connectivity index (χ3v) is 6.31. The highest BCUT2D eigenvalue weighted by molar-refractivity contribution is 6.03. The molecule has 172 valence electrons. The van der Waals surface area contributed by atoms with E-state index in [2.05, 4.69) is 45.3 Å². The monoisotopic (exact) mass is 444 g/mol. The number of fused-ring (bicyclic) bond motifs is 2. The molecular weight excluding hydrogens is 412 g/mol. The maximum Gasteiger partial charge on any atom is 0.240 e. The predicted octanol–water partition coefficient (Wildman–Crippen LogP) is 4.65. The maximum absolute atomic E-state index is 12.2. The lowest BCUT2D eigenvalue weighted by Crippen LogP contribution is -2.22. The topological polar surface area (TPSA) is 82.9 Å². The lowest BCUT2D eigenvalue weighted by molar-refractivity contribution is -0.121. The fourth-order valence-electron chi connectivity index (χ4n) is 4.55. The number of hydrogen-bond donors (Lipinski definition) is 2. The summed E-state index contributed by atoms with van der Waals surface area (Å²) in [6, 6.07) is 16.5. The van der Waals surface area contributed by atoms with Gasteiger partial charge in [0.15, 0.2) is 0 Å². The molecule has 0 aromatic heterocycles. The van der Waals surface area contributed by atoms with Crippen molar-refractivity contribution < 1.29 is 9.59 Å². The molecule has 0 heterocycles. The minimum absolute atomic E-state index is 0.0719. The molecule has 6 heteroatoms. The second kappa shape index (κ2) is 11.5. The summed E-state index contributed by atoms with van der Waals surface area (Å²) in [5.74, 6) is -0.144. The lowest BCUT2D eigenvalue weighted by Gasteiger charge is -2.17. The highest BCUT2D eigenvalue weighted by atomic mass is 16.2. The van der Waals surface area contributed by atoms with Crippen LogP contribution in [0.5, 0.6) is 0 Å². The normalized spacial score (nSPS) is 17.3. The number of unbranched alkanes of at least 4 members (excludes halogenated alkanes) is 2. The number of hydrazone groups is 2. The van der Waals surface area contributed by atoms with E-state index >= 15 is 0 Å². The van der Waals surface area contributed by atoms with E-state index in [4.69, 9.17) is 0 Å². The van der Waals surface area contributed by atoms with Gasteiger partial charge in [-0.1, -0.05) is 55.0 Å². The molecule has 6 nitrogen and oxygen atoms in total. The van der Waals surface area contributed by atoms with Crippen LogP contribution in [0.2, 0.25) is 0 Å². The van der Waals surface area contributed by atoms with Crippen molar-refractivity contribution in [2.75, 3.05) is 0 Å². The van der Waals surface area contributed by atoms with Gasteiger partial charge in [0.1, 0.15) is 0 Å². The van der Waals surface area contributed by atoms with E-state index in [1.807, 2.05) is 24.3 Å². The van der Waals surface area contributed by atoms with E-state index in [1.54, 1.807) is 0 Å². The number of carbonyl (C=O) groups is 2. The van der Waals surface area contributed by atoms with Gasteiger partial charge < -0.3 is 0 Å². The van der Waals surface area contributed by atoms with Crippen LogP contribution in [0.3, 0.4) is 0 Å². The first kappa shape index (κ1) is 22.9. The van der Waals surface area contributed by atoms with Crippen LogP contribution in [0.25, 0.3) is 0 Å². The minimum atomic E-state index is -0.0719. The zero-order valence-electron chi connectivity index (χ0n) is 19.1. The van der Waals surface area contributed by atoms with Crippen molar-refractivity contribution in [1.29, 1.82) is 0 Å². The SMILES string of the molecule is O=C(CCCCCC(=O)N/N=C1/CCCc2ccccc21)N/N=C1/CCCc2ccccc21. The number of nitrogens with one attached hydrogen (secondary N) is 2. The van der Waals surface area contributed by atoms with Gasteiger partial charge in [-0.3, -0.25) is 9.59 Å². The van der Waals surface area contributed by atoms with Crippen LogP contribution in [-0.4, -0.2) is 23.2 Å². The van der Waals surface area contributed by atoms with Crippen molar-refractivity contribution in [2.24, 2.45) is 10.2 Å². The van der Waals surface area contributed by atoms with Crippen LogP contribution in [0, 0.1) is 0 Å². The summed E-state index contributed by atoms with van der Waals surface area (Å²) in [7, 11) is 0. The molecule has 2 aromatic carbocycles. The molecule has 0 radical (unpaired) electrons. The number of rotatable bonds is 8. The van der Waals surface area contributed by atoms with Gasteiger partial charge in [0, 0.05) is 24.0 Å². The van der Waals surface area contributed by atoms with Crippen molar-refractivity contribution in [3.63, 3.8) is 0 Å². The number of aryl methyl sites for hydroxylation is 2. The van der Waals surface area contributed by atoms with Gasteiger partial charge in [0.25, 0.3) is 0 Å². The fourth-order valence-corrected chi connectivity index (χ4v) is 4.55. The summed E-state index contributed by atoms with van der Waals surface area (Å²) < 4.78 is 0. The Labute approximate surface area is 195 Å². The largest absolute Gasteiger partial charge is 0.273 e. The summed E-state index contributed by atoms with van der Waals surface area (Å²) in [5, 5.41) is 8.75. The molecule has 0 fully saturated rings.